The average molecular weight is 225 g/mol. The maximum atomic E-state index is 11.5. The van der Waals surface area contributed by atoms with Gasteiger partial charge >= 0.3 is 5.97 Å². The lowest BCUT2D eigenvalue weighted by molar-refractivity contribution is -0.161. The van der Waals surface area contributed by atoms with Gasteiger partial charge in [-0.05, 0) is 6.42 Å². The summed E-state index contributed by atoms with van der Waals surface area (Å²) >= 11 is 0. The molecular formula is C10H11NO5. The van der Waals surface area contributed by atoms with Crippen LogP contribution >= 0.6 is 0 Å². The van der Waals surface area contributed by atoms with Gasteiger partial charge in [0.2, 0.25) is 0 Å². The molecule has 0 spiro atoms. The molecule has 0 radical (unpaired) electrons. The minimum atomic E-state index is -0.938. The highest BCUT2D eigenvalue weighted by Crippen LogP contribution is 2.24. The summed E-state index contributed by atoms with van der Waals surface area (Å²) < 4.78 is 4.78. The van der Waals surface area contributed by atoms with E-state index in [0.717, 1.165) is 4.90 Å². The molecule has 0 saturated carbocycles. The van der Waals surface area contributed by atoms with E-state index in [4.69, 9.17) is 9.84 Å². The van der Waals surface area contributed by atoms with E-state index in [1.807, 2.05) is 0 Å². The summed E-state index contributed by atoms with van der Waals surface area (Å²) in [7, 11) is 0. The molecule has 2 amide bonds. The molecule has 1 aliphatic carbocycles. The molecule has 86 valence electrons. The zero-order chi connectivity index (χ0) is 11.7. The van der Waals surface area contributed by atoms with Gasteiger partial charge in [0.05, 0.1) is 12.0 Å². The van der Waals surface area contributed by atoms with Gasteiger partial charge < -0.3 is 9.84 Å². The van der Waals surface area contributed by atoms with Gasteiger partial charge in [0.1, 0.15) is 13.2 Å². The van der Waals surface area contributed by atoms with E-state index < -0.39 is 29.7 Å². The van der Waals surface area contributed by atoms with E-state index >= 15 is 0 Å². The molecule has 2 aliphatic rings. The van der Waals surface area contributed by atoms with Crippen molar-refractivity contribution in [1.29, 1.82) is 0 Å². The third kappa shape index (κ3) is 1.83. The number of hydrogen-bond donors (Lipinski definition) is 1. The Balaban J connectivity index is 2.09. The van der Waals surface area contributed by atoms with E-state index in [2.05, 4.69) is 0 Å². The Morgan fingerprint density at radius 1 is 1.31 bits per heavy atom. The van der Waals surface area contributed by atoms with Crippen LogP contribution in [0.15, 0.2) is 12.2 Å². The van der Waals surface area contributed by atoms with Gasteiger partial charge in [-0.1, -0.05) is 12.2 Å². The average Bonchev–Trinajstić information content (AvgIpc) is 2.66. The quantitative estimate of drug-likeness (QED) is 0.501. The summed E-state index contributed by atoms with van der Waals surface area (Å²) in [4.78, 5) is 34.8. The van der Waals surface area contributed by atoms with Gasteiger partial charge in [-0.2, -0.15) is 0 Å². The molecule has 1 heterocycles. The van der Waals surface area contributed by atoms with Crippen LogP contribution in [0.5, 0.6) is 0 Å². The maximum absolute atomic E-state index is 11.5. The summed E-state index contributed by atoms with van der Waals surface area (Å²) in [5, 5.41) is 8.80. The normalized spacial score (nSPS) is 29.9. The standard InChI is InChI=1S/C10H11NO5/c12-8-4-16-5-9(13)11(8)7-2-1-6(3-7)10(14)15/h1-2,6-7H,3-5H2,(H,14,15). The highest BCUT2D eigenvalue weighted by molar-refractivity contribution is 5.99. The summed E-state index contributed by atoms with van der Waals surface area (Å²) in [6.45, 7) is -0.234. The third-order valence-electron chi connectivity index (χ3n) is 2.70. The summed E-state index contributed by atoms with van der Waals surface area (Å²) in [5.74, 6) is -2.37. The highest BCUT2D eigenvalue weighted by atomic mass is 16.5. The smallest absolute Gasteiger partial charge is 0.310 e. The number of ether oxygens (including phenoxy) is 1. The number of imide groups is 1. The van der Waals surface area contributed by atoms with Crippen molar-refractivity contribution in [2.24, 2.45) is 5.92 Å². The number of amides is 2. The first kappa shape index (κ1) is 10.8. The van der Waals surface area contributed by atoms with Crippen molar-refractivity contribution in [3.63, 3.8) is 0 Å². The molecule has 1 aliphatic heterocycles. The lowest BCUT2D eigenvalue weighted by Gasteiger charge is -2.29. The van der Waals surface area contributed by atoms with Gasteiger partial charge in [0.15, 0.2) is 0 Å². The fourth-order valence-electron chi connectivity index (χ4n) is 1.93. The van der Waals surface area contributed by atoms with Crippen molar-refractivity contribution in [1.82, 2.24) is 4.90 Å². The second kappa shape index (κ2) is 4.05. The molecule has 6 heteroatoms. The second-order valence-electron chi connectivity index (χ2n) is 3.78. The van der Waals surface area contributed by atoms with Crippen LogP contribution in [0.3, 0.4) is 0 Å². The number of carbonyl (C=O) groups is 3. The zero-order valence-corrected chi connectivity index (χ0v) is 8.46. The number of rotatable bonds is 2. The number of nitrogens with zero attached hydrogens (tertiary/aromatic N) is 1. The van der Waals surface area contributed by atoms with Crippen LogP contribution in [0.25, 0.3) is 0 Å². The zero-order valence-electron chi connectivity index (χ0n) is 8.46. The predicted molar refractivity (Wildman–Crippen MR) is 51.3 cm³/mol. The molecule has 1 fully saturated rings. The molecule has 0 aromatic heterocycles. The lowest BCUT2D eigenvalue weighted by Crippen LogP contribution is -2.50. The Hall–Kier alpha value is -1.69. The number of carbonyl (C=O) groups excluding carboxylic acids is 2. The van der Waals surface area contributed by atoms with Gasteiger partial charge in [-0.3, -0.25) is 19.3 Å². The first-order chi connectivity index (χ1) is 7.59. The minimum Gasteiger partial charge on any atom is -0.481 e. The minimum absolute atomic E-state index is 0.117. The second-order valence-corrected chi connectivity index (χ2v) is 3.78. The van der Waals surface area contributed by atoms with Crippen molar-refractivity contribution < 1.29 is 24.2 Å². The highest BCUT2D eigenvalue weighted by Gasteiger charge is 2.36. The molecule has 1 N–H and O–H groups in total. The Morgan fingerprint density at radius 3 is 2.44 bits per heavy atom. The van der Waals surface area contributed by atoms with Gasteiger partial charge in [-0.15, -0.1) is 0 Å². The largest absolute Gasteiger partial charge is 0.481 e. The van der Waals surface area contributed by atoms with Crippen LogP contribution < -0.4 is 0 Å². The molecular weight excluding hydrogens is 214 g/mol. The van der Waals surface area contributed by atoms with E-state index in [1.165, 1.54) is 6.08 Å². The number of morpholine rings is 1. The van der Waals surface area contributed by atoms with E-state index in [1.54, 1.807) is 6.08 Å². The van der Waals surface area contributed by atoms with E-state index in [0.29, 0.717) is 0 Å². The molecule has 0 aromatic carbocycles. The van der Waals surface area contributed by atoms with E-state index in [-0.39, 0.29) is 19.6 Å². The van der Waals surface area contributed by atoms with Crippen molar-refractivity contribution in [3.8, 4) is 0 Å². The summed E-state index contributed by atoms with van der Waals surface area (Å²) in [5.41, 5.74) is 0. The van der Waals surface area contributed by atoms with Crippen molar-refractivity contribution >= 4 is 17.8 Å². The fourth-order valence-corrected chi connectivity index (χ4v) is 1.93. The lowest BCUT2D eigenvalue weighted by atomic mass is 10.1. The Kier molecular flexibility index (Phi) is 2.74. The predicted octanol–water partition coefficient (Wildman–Crippen LogP) is -0.599. The molecule has 0 bridgehead atoms. The Bertz CT molecular complexity index is 359. The molecule has 16 heavy (non-hydrogen) atoms. The SMILES string of the molecule is O=C(O)C1C=CC(N2C(=O)COCC2=O)C1. The molecule has 1 saturated heterocycles. The van der Waals surface area contributed by atoms with Gasteiger partial charge in [-0.25, -0.2) is 0 Å². The van der Waals surface area contributed by atoms with Crippen LogP contribution in [0.1, 0.15) is 6.42 Å². The first-order valence-electron chi connectivity index (χ1n) is 4.93. The maximum Gasteiger partial charge on any atom is 0.310 e. The summed E-state index contributed by atoms with van der Waals surface area (Å²) in [6, 6.07) is -0.440. The molecule has 2 rings (SSSR count). The third-order valence-corrected chi connectivity index (χ3v) is 2.70. The molecule has 6 nitrogen and oxygen atoms in total. The number of carboxylic acids is 1. The number of hydrogen-bond acceptors (Lipinski definition) is 4. The van der Waals surface area contributed by atoms with Gasteiger partial charge in [0, 0.05) is 0 Å². The monoisotopic (exact) mass is 225 g/mol. The van der Waals surface area contributed by atoms with Crippen LogP contribution in [0.2, 0.25) is 0 Å². The van der Waals surface area contributed by atoms with Crippen molar-refractivity contribution in [2.45, 2.75) is 12.5 Å². The Morgan fingerprint density at radius 2 is 1.94 bits per heavy atom. The van der Waals surface area contributed by atoms with Crippen LogP contribution in [0.4, 0.5) is 0 Å². The van der Waals surface area contributed by atoms with Crippen molar-refractivity contribution in [2.75, 3.05) is 13.2 Å². The summed E-state index contributed by atoms with van der Waals surface area (Å²) in [6.07, 6.45) is 3.37. The number of aliphatic carboxylic acids is 1. The Labute approximate surface area is 91.5 Å². The fraction of sp³-hybridized carbons (Fsp3) is 0.500. The number of carboxylic acid groups (broad SMARTS) is 1. The molecule has 2 atom stereocenters. The molecule has 2 unspecified atom stereocenters. The van der Waals surface area contributed by atoms with Crippen molar-refractivity contribution in [3.05, 3.63) is 12.2 Å². The van der Waals surface area contributed by atoms with Crippen LogP contribution in [-0.4, -0.2) is 47.0 Å². The van der Waals surface area contributed by atoms with Crippen LogP contribution in [-0.2, 0) is 19.1 Å². The van der Waals surface area contributed by atoms with Gasteiger partial charge in [0.25, 0.3) is 11.8 Å². The first-order valence-corrected chi connectivity index (χ1v) is 4.93. The molecule has 0 aromatic rings. The van der Waals surface area contributed by atoms with Crippen LogP contribution in [0, 0.1) is 5.92 Å². The topological polar surface area (TPSA) is 83.9 Å². The van der Waals surface area contributed by atoms with E-state index in [9.17, 15) is 14.4 Å².